The van der Waals surface area contributed by atoms with E-state index in [9.17, 15) is 4.79 Å². The smallest absolute Gasteiger partial charge is 0.251 e. The van der Waals surface area contributed by atoms with E-state index in [0.717, 1.165) is 42.0 Å². The molecule has 33 heavy (non-hydrogen) atoms. The second-order valence-corrected chi connectivity index (χ2v) is 8.49. The molecule has 5 nitrogen and oxygen atoms in total. The van der Waals surface area contributed by atoms with Gasteiger partial charge in [0.15, 0.2) is 0 Å². The number of carbonyl (C=O) groups excluding carboxylic acids is 1. The Labute approximate surface area is 199 Å². The molecular formula is C27H28ClN3O2. The maximum absolute atomic E-state index is 12.4. The number of hydrogen-bond acceptors (Lipinski definition) is 3. The van der Waals surface area contributed by atoms with Gasteiger partial charge in [-0.15, -0.1) is 0 Å². The van der Waals surface area contributed by atoms with Gasteiger partial charge in [0, 0.05) is 30.1 Å². The molecule has 0 spiro atoms. The molecule has 3 aromatic carbocycles. The lowest BCUT2D eigenvalue weighted by atomic mass is 10.2. The number of rotatable bonds is 10. The molecule has 1 amide bonds. The number of imidazole rings is 1. The Morgan fingerprint density at radius 1 is 1.03 bits per heavy atom. The summed E-state index contributed by atoms with van der Waals surface area (Å²) in [4.78, 5) is 17.2. The van der Waals surface area contributed by atoms with Crippen LogP contribution in [0.5, 0.6) is 5.75 Å². The SMILES string of the molecule is Cc1cccc(OCCCCn2c(CCNC(=O)c3ccc(Cl)cc3)nc3ccccc32)c1. The third-order valence-corrected chi connectivity index (χ3v) is 5.76. The van der Waals surface area contributed by atoms with Crippen LogP contribution in [-0.2, 0) is 13.0 Å². The van der Waals surface area contributed by atoms with E-state index < -0.39 is 0 Å². The standard InChI is InChI=1S/C27H28ClN3O2/c1-20-7-6-8-23(19-20)33-18-5-4-17-31-25-10-3-2-9-24(25)30-26(31)15-16-29-27(32)21-11-13-22(28)14-12-21/h2-3,6-14,19H,4-5,15-18H2,1H3,(H,29,32). The first-order chi connectivity index (χ1) is 16.1. The number of carbonyl (C=O) groups is 1. The van der Waals surface area contributed by atoms with Gasteiger partial charge in [0.25, 0.3) is 5.91 Å². The number of para-hydroxylation sites is 2. The lowest BCUT2D eigenvalue weighted by Crippen LogP contribution is -2.26. The largest absolute Gasteiger partial charge is 0.494 e. The van der Waals surface area contributed by atoms with Crippen LogP contribution < -0.4 is 10.1 Å². The Morgan fingerprint density at radius 3 is 2.67 bits per heavy atom. The molecule has 0 saturated heterocycles. The number of benzene rings is 3. The summed E-state index contributed by atoms with van der Waals surface area (Å²) in [6, 6.07) is 23.2. The highest BCUT2D eigenvalue weighted by Crippen LogP contribution is 2.18. The Bertz CT molecular complexity index is 1220. The Morgan fingerprint density at radius 2 is 1.85 bits per heavy atom. The molecule has 6 heteroatoms. The van der Waals surface area contributed by atoms with Gasteiger partial charge >= 0.3 is 0 Å². The van der Waals surface area contributed by atoms with Gasteiger partial charge in [0.2, 0.25) is 0 Å². The highest BCUT2D eigenvalue weighted by atomic mass is 35.5. The summed E-state index contributed by atoms with van der Waals surface area (Å²) in [5, 5.41) is 3.60. The van der Waals surface area contributed by atoms with Gasteiger partial charge in [-0.2, -0.15) is 0 Å². The van der Waals surface area contributed by atoms with Crippen LogP contribution in [-0.4, -0.2) is 28.6 Å². The average molecular weight is 462 g/mol. The van der Waals surface area contributed by atoms with Gasteiger partial charge in [-0.25, -0.2) is 4.98 Å². The minimum atomic E-state index is -0.109. The van der Waals surface area contributed by atoms with Crippen LogP contribution >= 0.6 is 11.6 Å². The van der Waals surface area contributed by atoms with Crippen molar-refractivity contribution in [3.8, 4) is 5.75 Å². The molecule has 4 rings (SSSR count). The van der Waals surface area contributed by atoms with E-state index in [-0.39, 0.29) is 5.91 Å². The summed E-state index contributed by atoms with van der Waals surface area (Å²) in [6.07, 6.45) is 2.59. The van der Waals surface area contributed by atoms with Gasteiger partial charge in [-0.1, -0.05) is 35.9 Å². The molecule has 0 unspecified atom stereocenters. The Kier molecular flexibility index (Phi) is 7.63. The van der Waals surface area contributed by atoms with Crippen LogP contribution in [0.15, 0.2) is 72.8 Å². The fourth-order valence-corrected chi connectivity index (χ4v) is 3.95. The summed E-state index contributed by atoms with van der Waals surface area (Å²) < 4.78 is 8.14. The first kappa shape index (κ1) is 22.9. The van der Waals surface area contributed by atoms with Crippen molar-refractivity contribution in [3.05, 3.63) is 94.8 Å². The molecule has 0 aliphatic rings. The number of amides is 1. The molecule has 0 aliphatic heterocycles. The minimum absolute atomic E-state index is 0.109. The monoisotopic (exact) mass is 461 g/mol. The molecule has 0 saturated carbocycles. The van der Waals surface area contributed by atoms with Gasteiger partial charge in [-0.05, 0) is 73.9 Å². The quantitative estimate of drug-likeness (QED) is 0.302. The van der Waals surface area contributed by atoms with Crippen LogP contribution in [0, 0.1) is 6.92 Å². The van der Waals surface area contributed by atoms with Gasteiger partial charge in [0.05, 0.1) is 17.6 Å². The van der Waals surface area contributed by atoms with E-state index in [1.807, 2.05) is 30.3 Å². The van der Waals surface area contributed by atoms with Crippen molar-refractivity contribution in [2.45, 2.75) is 32.7 Å². The fraction of sp³-hybridized carbons (Fsp3) is 0.259. The summed E-state index contributed by atoms with van der Waals surface area (Å²) >= 11 is 5.90. The fourth-order valence-electron chi connectivity index (χ4n) is 3.82. The number of aryl methyl sites for hydroxylation is 2. The minimum Gasteiger partial charge on any atom is -0.494 e. The van der Waals surface area contributed by atoms with Crippen molar-refractivity contribution in [3.63, 3.8) is 0 Å². The summed E-state index contributed by atoms with van der Waals surface area (Å²) in [5.41, 5.74) is 3.90. The number of hydrogen-bond donors (Lipinski definition) is 1. The highest BCUT2D eigenvalue weighted by Gasteiger charge is 2.11. The maximum Gasteiger partial charge on any atom is 0.251 e. The predicted molar refractivity (Wildman–Crippen MR) is 133 cm³/mol. The number of aromatic nitrogens is 2. The van der Waals surface area contributed by atoms with Crippen molar-refractivity contribution in [2.75, 3.05) is 13.2 Å². The zero-order chi connectivity index (χ0) is 23.0. The summed E-state index contributed by atoms with van der Waals surface area (Å²) in [7, 11) is 0. The van der Waals surface area contributed by atoms with Gasteiger partial charge in [0.1, 0.15) is 11.6 Å². The van der Waals surface area contributed by atoms with E-state index in [1.54, 1.807) is 24.3 Å². The van der Waals surface area contributed by atoms with E-state index in [1.165, 1.54) is 5.56 Å². The van der Waals surface area contributed by atoms with E-state index in [0.29, 0.717) is 30.2 Å². The van der Waals surface area contributed by atoms with E-state index >= 15 is 0 Å². The topological polar surface area (TPSA) is 56.1 Å². The second-order valence-electron chi connectivity index (χ2n) is 8.05. The molecule has 0 fully saturated rings. The molecule has 0 radical (unpaired) electrons. The molecule has 0 bridgehead atoms. The number of unbranched alkanes of at least 4 members (excludes halogenated alkanes) is 1. The molecule has 1 N–H and O–H groups in total. The highest BCUT2D eigenvalue weighted by molar-refractivity contribution is 6.30. The maximum atomic E-state index is 12.4. The van der Waals surface area contributed by atoms with Crippen molar-refractivity contribution in [2.24, 2.45) is 0 Å². The molecule has 1 heterocycles. The normalized spacial score (nSPS) is 11.0. The van der Waals surface area contributed by atoms with Gasteiger partial charge < -0.3 is 14.6 Å². The van der Waals surface area contributed by atoms with Crippen LogP contribution in [0.1, 0.15) is 34.6 Å². The molecule has 170 valence electrons. The van der Waals surface area contributed by atoms with Gasteiger partial charge in [-0.3, -0.25) is 4.79 Å². The lowest BCUT2D eigenvalue weighted by Gasteiger charge is -2.11. The Hall–Kier alpha value is -3.31. The van der Waals surface area contributed by atoms with Crippen LogP contribution in [0.3, 0.4) is 0 Å². The molecule has 0 aliphatic carbocycles. The summed E-state index contributed by atoms with van der Waals surface area (Å²) in [5.74, 6) is 1.79. The molecular weight excluding hydrogens is 434 g/mol. The van der Waals surface area contributed by atoms with Crippen LogP contribution in [0.4, 0.5) is 0 Å². The number of ether oxygens (including phenoxy) is 1. The Balaban J connectivity index is 1.33. The number of fused-ring (bicyclic) bond motifs is 1. The van der Waals surface area contributed by atoms with Crippen LogP contribution in [0.2, 0.25) is 5.02 Å². The molecule has 1 aromatic heterocycles. The van der Waals surface area contributed by atoms with E-state index in [2.05, 4.69) is 35.0 Å². The van der Waals surface area contributed by atoms with Crippen molar-refractivity contribution in [1.29, 1.82) is 0 Å². The third-order valence-electron chi connectivity index (χ3n) is 5.51. The molecule has 0 atom stereocenters. The number of halogens is 1. The van der Waals surface area contributed by atoms with Crippen molar-refractivity contribution < 1.29 is 9.53 Å². The van der Waals surface area contributed by atoms with Crippen molar-refractivity contribution in [1.82, 2.24) is 14.9 Å². The zero-order valence-electron chi connectivity index (χ0n) is 18.8. The van der Waals surface area contributed by atoms with Crippen LogP contribution in [0.25, 0.3) is 11.0 Å². The summed E-state index contributed by atoms with van der Waals surface area (Å²) in [6.45, 7) is 4.12. The van der Waals surface area contributed by atoms with Crippen molar-refractivity contribution >= 4 is 28.5 Å². The lowest BCUT2D eigenvalue weighted by molar-refractivity contribution is 0.0954. The third kappa shape index (κ3) is 6.14. The predicted octanol–water partition coefficient (Wildman–Crippen LogP) is 5.83. The first-order valence-electron chi connectivity index (χ1n) is 11.3. The molecule has 4 aromatic rings. The first-order valence-corrected chi connectivity index (χ1v) is 11.7. The zero-order valence-corrected chi connectivity index (χ0v) is 19.5. The second kappa shape index (κ2) is 11.0. The average Bonchev–Trinajstić information content (AvgIpc) is 3.16. The number of nitrogens with zero attached hydrogens (tertiary/aromatic N) is 2. The number of nitrogens with one attached hydrogen (secondary N) is 1. The van der Waals surface area contributed by atoms with E-state index in [4.69, 9.17) is 21.3 Å².